The Morgan fingerprint density at radius 2 is 1.70 bits per heavy atom. The number of nitrogens with zero attached hydrogens (tertiary/aromatic N) is 8. The Balaban J connectivity index is 0.763. The maximum absolute atomic E-state index is 15.2. The van der Waals surface area contributed by atoms with Gasteiger partial charge >= 0.3 is 5.92 Å². The summed E-state index contributed by atoms with van der Waals surface area (Å²) < 4.78 is 39.1. The van der Waals surface area contributed by atoms with E-state index < -0.39 is 30.0 Å². The number of ether oxygens (including phenoxy) is 1. The highest BCUT2D eigenvalue weighted by molar-refractivity contribution is 6.33. The van der Waals surface area contributed by atoms with Crippen molar-refractivity contribution in [1.82, 2.24) is 34.5 Å². The Kier molecular flexibility index (Phi) is 10.0. The first kappa shape index (κ1) is 39.6. The number of piperidine rings is 2. The number of nitrogens with one attached hydrogen (secondary N) is 3. The van der Waals surface area contributed by atoms with E-state index in [0.717, 1.165) is 80.9 Å². The van der Waals surface area contributed by atoms with Gasteiger partial charge in [0, 0.05) is 88.5 Å². The molecule has 1 aliphatic carbocycles. The fraction of sp³-hybridized carbons (Fsp3) is 0.488. The molecule has 5 aliphatic rings. The van der Waals surface area contributed by atoms with Crippen LogP contribution in [0.15, 0.2) is 47.4 Å². The molecule has 320 valence electrons. The maximum atomic E-state index is 15.2. The molecular weight excluding hydrogens is 808 g/mol. The van der Waals surface area contributed by atoms with Gasteiger partial charge in [-0.15, -0.1) is 0 Å². The van der Waals surface area contributed by atoms with E-state index >= 15 is 8.78 Å². The summed E-state index contributed by atoms with van der Waals surface area (Å²) in [6, 6.07) is 10.6. The zero-order valence-corrected chi connectivity index (χ0v) is 34.9. The Labute approximate surface area is 355 Å². The highest BCUT2D eigenvalue weighted by Gasteiger charge is 2.51. The standard InChI is InChI=1S/C43H48ClF2N11O4/c1-53-32-9-5-26(19-30(32)36-37(41(53)60)61-23-43(45,46)38(50-36)25-3-4-25)48-39-31(44)21-47-42(51-39)57-13-11-24(12-14-57)22-55-15-17-56(18-16-55)27-6-7-28-33(20-27)54(2)52-35(28)29-8-10-34(58)49-40(29)59/h5-7,9,19-21,24-25,29,38,50H,3-4,8,10-18,22-23H2,1-2H3,(H,47,48,51)(H,49,58,59). The molecule has 5 aromatic rings. The summed E-state index contributed by atoms with van der Waals surface area (Å²) in [6.07, 6.45) is 5.80. The van der Waals surface area contributed by atoms with Gasteiger partial charge in [0.05, 0.1) is 40.6 Å². The molecule has 0 spiro atoms. The average Bonchev–Trinajstić information content (AvgIpc) is 4.06. The van der Waals surface area contributed by atoms with Crippen LogP contribution in [0.2, 0.25) is 5.02 Å². The second-order valence-electron chi connectivity index (χ2n) is 17.2. The Hall–Kier alpha value is -5.55. The van der Waals surface area contributed by atoms with Crippen LogP contribution < -0.4 is 36.0 Å². The molecule has 7 heterocycles. The topological polar surface area (TPSA) is 155 Å². The SMILES string of the molecule is Cn1nc(C2CCC(=O)NC2=O)c2ccc(N3CCN(CC4CCN(c5ncc(Cl)c(Nc6ccc7c(c6)c6c(c(=O)n7C)OCC(F)(F)C(C7CC7)N6)n5)CC4)CC3)cc21. The van der Waals surface area contributed by atoms with Crippen molar-refractivity contribution in [3.63, 3.8) is 0 Å². The number of benzene rings is 2. The van der Waals surface area contributed by atoms with E-state index in [2.05, 4.69) is 53.8 Å². The molecule has 2 atom stereocenters. The molecule has 1 saturated carbocycles. The van der Waals surface area contributed by atoms with Crippen molar-refractivity contribution in [3.8, 4) is 5.75 Å². The number of imide groups is 1. The predicted octanol–water partition coefficient (Wildman–Crippen LogP) is 5.39. The van der Waals surface area contributed by atoms with Gasteiger partial charge in [-0.2, -0.15) is 10.1 Å². The van der Waals surface area contributed by atoms with Gasteiger partial charge in [0.2, 0.25) is 23.5 Å². The molecule has 4 aliphatic heterocycles. The molecular formula is C43H48ClF2N11O4. The number of halogens is 3. The van der Waals surface area contributed by atoms with Gasteiger partial charge in [-0.25, -0.2) is 13.8 Å². The first-order valence-corrected chi connectivity index (χ1v) is 21.5. The zero-order valence-electron chi connectivity index (χ0n) is 34.1. The predicted molar refractivity (Wildman–Crippen MR) is 230 cm³/mol. The van der Waals surface area contributed by atoms with Crippen LogP contribution in [0, 0.1) is 11.8 Å². The quantitative estimate of drug-likeness (QED) is 0.172. The lowest BCUT2D eigenvalue weighted by Gasteiger charge is -2.39. The van der Waals surface area contributed by atoms with Crippen molar-refractivity contribution in [1.29, 1.82) is 0 Å². The fourth-order valence-electron chi connectivity index (χ4n) is 9.57. The number of aromatic nitrogens is 5. The smallest absolute Gasteiger partial charge is 0.301 e. The summed E-state index contributed by atoms with van der Waals surface area (Å²) in [5, 5.41) is 15.4. The van der Waals surface area contributed by atoms with Crippen LogP contribution in [0.4, 0.5) is 37.6 Å². The van der Waals surface area contributed by atoms with E-state index in [9.17, 15) is 14.4 Å². The summed E-state index contributed by atoms with van der Waals surface area (Å²) >= 11 is 6.63. The van der Waals surface area contributed by atoms with E-state index in [1.54, 1.807) is 25.4 Å². The summed E-state index contributed by atoms with van der Waals surface area (Å²) in [5.74, 6) is -2.80. The largest absolute Gasteiger partial charge is 0.480 e. The highest BCUT2D eigenvalue weighted by atomic mass is 35.5. The average molecular weight is 856 g/mol. The van der Waals surface area contributed by atoms with E-state index in [1.807, 2.05) is 17.8 Å². The summed E-state index contributed by atoms with van der Waals surface area (Å²) in [4.78, 5) is 54.1. The van der Waals surface area contributed by atoms with Gasteiger partial charge in [0.15, 0.2) is 12.4 Å². The minimum Gasteiger partial charge on any atom is -0.480 e. The molecule has 3 aromatic heterocycles. The molecule has 2 unspecified atom stereocenters. The number of pyridine rings is 1. The molecule has 4 fully saturated rings. The van der Waals surface area contributed by atoms with Gasteiger partial charge < -0.3 is 29.7 Å². The molecule has 3 N–H and O–H groups in total. The van der Waals surface area contributed by atoms with Gasteiger partial charge in [-0.1, -0.05) is 11.6 Å². The van der Waals surface area contributed by atoms with Crippen molar-refractivity contribution in [3.05, 3.63) is 63.7 Å². The maximum Gasteiger partial charge on any atom is 0.301 e. The molecule has 0 radical (unpaired) electrons. The first-order valence-electron chi connectivity index (χ1n) is 21.2. The fourth-order valence-corrected chi connectivity index (χ4v) is 9.71. The highest BCUT2D eigenvalue weighted by Crippen LogP contribution is 2.46. The molecule has 61 heavy (non-hydrogen) atoms. The van der Waals surface area contributed by atoms with Crippen LogP contribution in [0.1, 0.15) is 50.1 Å². The third-order valence-electron chi connectivity index (χ3n) is 13.2. The molecule has 18 heteroatoms. The summed E-state index contributed by atoms with van der Waals surface area (Å²) in [5.41, 5.74) is 3.84. The van der Waals surface area contributed by atoms with E-state index in [-0.39, 0.29) is 29.2 Å². The number of anilines is 5. The number of amides is 2. The van der Waals surface area contributed by atoms with Crippen molar-refractivity contribution in [2.45, 2.75) is 56.4 Å². The van der Waals surface area contributed by atoms with Crippen molar-refractivity contribution < 1.29 is 23.1 Å². The van der Waals surface area contributed by atoms with E-state index in [0.29, 0.717) is 65.0 Å². The number of carbonyl (C=O) groups is 2. The molecule has 2 aromatic carbocycles. The van der Waals surface area contributed by atoms with Crippen LogP contribution in [0.3, 0.4) is 0 Å². The van der Waals surface area contributed by atoms with E-state index in [1.165, 1.54) is 4.57 Å². The monoisotopic (exact) mass is 855 g/mol. The summed E-state index contributed by atoms with van der Waals surface area (Å²) in [6.45, 7) is 5.55. The molecule has 15 nitrogen and oxygen atoms in total. The van der Waals surface area contributed by atoms with E-state index in [4.69, 9.17) is 26.4 Å². The van der Waals surface area contributed by atoms with Crippen LogP contribution >= 0.6 is 11.6 Å². The van der Waals surface area contributed by atoms with Gasteiger partial charge in [-0.05, 0) is 80.3 Å². The number of alkyl halides is 2. The molecule has 10 rings (SSSR count). The number of hydrogen-bond acceptors (Lipinski definition) is 12. The van der Waals surface area contributed by atoms with Gasteiger partial charge in [0.1, 0.15) is 5.02 Å². The van der Waals surface area contributed by atoms with Crippen molar-refractivity contribution in [2.24, 2.45) is 25.9 Å². The van der Waals surface area contributed by atoms with Crippen LogP contribution in [0.5, 0.6) is 5.75 Å². The number of aryl methyl sites for hydroxylation is 2. The van der Waals surface area contributed by atoms with Gasteiger partial charge in [-0.3, -0.25) is 29.3 Å². The minimum atomic E-state index is -3.13. The van der Waals surface area contributed by atoms with Crippen LogP contribution in [0.25, 0.3) is 21.8 Å². The van der Waals surface area contributed by atoms with Crippen LogP contribution in [-0.4, -0.2) is 105 Å². The number of hydrogen-bond donors (Lipinski definition) is 3. The number of piperazine rings is 1. The Morgan fingerprint density at radius 3 is 2.46 bits per heavy atom. The summed E-state index contributed by atoms with van der Waals surface area (Å²) in [7, 11) is 3.51. The van der Waals surface area contributed by atoms with Crippen molar-refractivity contribution in [2.75, 3.05) is 72.9 Å². The number of fused-ring (bicyclic) bond motifs is 4. The first-order chi connectivity index (χ1) is 29.4. The van der Waals surface area contributed by atoms with Crippen LogP contribution in [-0.2, 0) is 23.7 Å². The Bertz CT molecular complexity index is 2620. The molecule has 3 saturated heterocycles. The second-order valence-corrected chi connectivity index (χ2v) is 17.6. The number of carbonyl (C=O) groups excluding carboxylic acids is 2. The lowest BCUT2D eigenvalue weighted by Crippen LogP contribution is -2.49. The molecule has 2 amide bonds. The Morgan fingerprint density at radius 1 is 0.918 bits per heavy atom. The zero-order chi connectivity index (χ0) is 42.2. The van der Waals surface area contributed by atoms with Crippen molar-refractivity contribution >= 4 is 74.0 Å². The number of rotatable bonds is 8. The lowest BCUT2D eigenvalue weighted by atomic mass is 9.93. The second kappa shape index (κ2) is 15.4. The lowest BCUT2D eigenvalue weighted by molar-refractivity contribution is -0.134. The normalized spacial score (nSPS) is 22.4. The van der Waals surface area contributed by atoms with Gasteiger partial charge in [0.25, 0.3) is 5.56 Å². The minimum absolute atomic E-state index is 0.105. The third kappa shape index (κ3) is 7.49. The molecule has 0 bridgehead atoms. The third-order valence-corrected chi connectivity index (χ3v) is 13.5.